The van der Waals surface area contributed by atoms with Crippen LogP contribution in [0.25, 0.3) is 0 Å². The summed E-state index contributed by atoms with van der Waals surface area (Å²) in [6, 6.07) is 0.0624. The third-order valence-corrected chi connectivity index (χ3v) is 2.16. The molecule has 74 valence electrons. The molecule has 3 heteroatoms. The average molecular weight is 181 g/mol. The highest BCUT2D eigenvalue weighted by atomic mass is 14.9. The molecule has 1 unspecified atom stereocenters. The van der Waals surface area contributed by atoms with E-state index in [-0.39, 0.29) is 6.04 Å². The minimum atomic E-state index is 0.0624. The molecule has 0 amide bonds. The van der Waals surface area contributed by atoms with E-state index in [1.807, 2.05) is 13.1 Å². The van der Waals surface area contributed by atoms with Gasteiger partial charge >= 0.3 is 0 Å². The molecular formula is C10H19N3. The molecule has 0 aliphatic rings. The van der Waals surface area contributed by atoms with Crippen molar-refractivity contribution in [2.24, 2.45) is 5.73 Å². The van der Waals surface area contributed by atoms with Gasteiger partial charge < -0.3 is 10.7 Å². The minimum absolute atomic E-state index is 0.0624. The number of unbranched alkanes of at least 4 members (excludes halogenated alkanes) is 2. The quantitative estimate of drug-likeness (QED) is 0.684. The lowest BCUT2D eigenvalue weighted by atomic mass is 10.2. The number of aromatic amines is 1. The largest absolute Gasteiger partial charge is 0.345 e. The van der Waals surface area contributed by atoms with Gasteiger partial charge in [0.05, 0.1) is 5.69 Å². The van der Waals surface area contributed by atoms with Gasteiger partial charge in [-0.05, 0) is 13.3 Å². The Labute approximate surface area is 79.8 Å². The van der Waals surface area contributed by atoms with Crippen molar-refractivity contribution in [3.8, 4) is 0 Å². The molecule has 1 rings (SSSR count). The fourth-order valence-corrected chi connectivity index (χ4v) is 1.28. The molecule has 0 aliphatic heterocycles. The zero-order valence-electron chi connectivity index (χ0n) is 8.51. The van der Waals surface area contributed by atoms with Gasteiger partial charge in [-0.1, -0.05) is 19.8 Å². The summed E-state index contributed by atoms with van der Waals surface area (Å²) in [6.07, 6.45) is 6.62. The van der Waals surface area contributed by atoms with E-state index in [1.54, 1.807) is 0 Å². The first-order valence-corrected chi connectivity index (χ1v) is 5.03. The maximum Gasteiger partial charge on any atom is 0.106 e. The van der Waals surface area contributed by atoms with Crippen molar-refractivity contribution >= 4 is 0 Å². The summed E-state index contributed by atoms with van der Waals surface area (Å²) < 4.78 is 0. The number of hydrogen-bond acceptors (Lipinski definition) is 2. The van der Waals surface area contributed by atoms with Crippen molar-refractivity contribution < 1.29 is 0 Å². The molecular weight excluding hydrogens is 162 g/mol. The van der Waals surface area contributed by atoms with Crippen LogP contribution in [0.2, 0.25) is 0 Å². The second-order valence-electron chi connectivity index (χ2n) is 3.53. The Hall–Kier alpha value is -0.830. The van der Waals surface area contributed by atoms with E-state index in [1.165, 1.54) is 19.3 Å². The number of rotatable bonds is 5. The first-order chi connectivity index (χ1) is 6.24. The standard InChI is InChI=1S/C10H19N3/c1-3-4-5-6-10-12-7-9(13-10)8(2)11/h7-8H,3-6,11H2,1-2H3,(H,12,13). The summed E-state index contributed by atoms with van der Waals surface area (Å²) in [7, 11) is 0. The fourth-order valence-electron chi connectivity index (χ4n) is 1.28. The third kappa shape index (κ3) is 3.19. The summed E-state index contributed by atoms with van der Waals surface area (Å²) in [6.45, 7) is 4.17. The normalized spacial score (nSPS) is 13.2. The van der Waals surface area contributed by atoms with Crippen molar-refractivity contribution in [3.63, 3.8) is 0 Å². The molecule has 0 aromatic carbocycles. The Morgan fingerprint density at radius 2 is 2.31 bits per heavy atom. The fraction of sp³-hybridized carbons (Fsp3) is 0.700. The van der Waals surface area contributed by atoms with Crippen LogP contribution in [0.4, 0.5) is 0 Å². The van der Waals surface area contributed by atoms with E-state index in [0.717, 1.165) is 17.9 Å². The summed E-state index contributed by atoms with van der Waals surface area (Å²) >= 11 is 0. The molecule has 0 radical (unpaired) electrons. The lowest BCUT2D eigenvalue weighted by molar-refractivity contribution is 0.694. The molecule has 0 saturated carbocycles. The predicted octanol–water partition coefficient (Wildman–Crippen LogP) is 2.16. The van der Waals surface area contributed by atoms with Crippen LogP contribution in [0, 0.1) is 0 Å². The van der Waals surface area contributed by atoms with E-state index in [4.69, 9.17) is 5.73 Å². The molecule has 3 nitrogen and oxygen atoms in total. The number of nitrogens with two attached hydrogens (primary N) is 1. The van der Waals surface area contributed by atoms with Gasteiger partial charge in [0.1, 0.15) is 5.82 Å². The second kappa shape index (κ2) is 5.02. The van der Waals surface area contributed by atoms with Gasteiger partial charge in [-0.3, -0.25) is 0 Å². The van der Waals surface area contributed by atoms with Gasteiger partial charge in [-0.15, -0.1) is 0 Å². The lowest BCUT2D eigenvalue weighted by Gasteiger charge is -1.99. The molecule has 1 atom stereocenters. The van der Waals surface area contributed by atoms with E-state index in [0.29, 0.717) is 0 Å². The average Bonchev–Trinajstić information content (AvgIpc) is 2.53. The highest BCUT2D eigenvalue weighted by molar-refractivity contribution is 5.04. The van der Waals surface area contributed by atoms with Gasteiger partial charge in [0.25, 0.3) is 0 Å². The Kier molecular flexibility index (Phi) is 3.96. The Bertz CT molecular complexity index is 240. The van der Waals surface area contributed by atoms with Crippen molar-refractivity contribution in [1.82, 2.24) is 9.97 Å². The first-order valence-electron chi connectivity index (χ1n) is 5.03. The lowest BCUT2D eigenvalue weighted by Crippen LogP contribution is -2.05. The number of imidazole rings is 1. The number of nitrogens with one attached hydrogen (secondary N) is 1. The van der Waals surface area contributed by atoms with Crippen LogP contribution >= 0.6 is 0 Å². The maximum atomic E-state index is 5.71. The van der Waals surface area contributed by atoms with Crippen molar-refractivity contribution in [3.05, 3.63) is 17.7 Å². The maximum absolute atomic E-state index is 5.71. The van der Waals surface area contributed by atoms with Gasteiger partial charge in [-0.25, -0.2) is 4.98 Å². The smallest absolute Gasteiger partial charge is 0.106 e. The van der Waals surface area contributed by atoms with Crippen LogP contribution in [0.1, 0.15) is 50.7 Å². The number of H-pyrrole nitrogens is 1. The van der Waals surface area contributed by atoms with Crippen molar-refractivity contribution in [2.75, 3.05) is 0 Å². The highest BCUT2D eigenvalue weighted by Gasteiger charge is 2.03. The summed E-state index contributed by atoms with van der Waals surface area (Å²) in [5, 5.41) is 0. The highest BCUT2D eigenvalue weighted by Crippen LogP contribution is 2.08. The second-order valence-corrected chi connectivity index (χ2v) is 3.53. The van der Waals surface area contributed by atoms with Crippen LogP contribution in [-0.4, -0.2) is 9.97 Å². The Morgan fingerprint density at radius 1 is 1.54 bits per heavy atom. The molecule has 0 aliphatic carbocycles. The molecule has 1 aromatic heterocycles. The molecule has 13 heavy (non-hydrogen) atoms. The summed E-state index contributed by atoms with van der Waals surface area (Å²) in [4.78, 5) is 7.51. The van der Waals surface area contributed by atoms with Crippen LogP contribution in [0.15, 0.2) is 6.20 Å². The molecule has 0 saturated heterocycles. The van der Waals surface area contributed by atoms with E-state index in [2.05, 4.69) is 16.9 Å². The molecule has 1 aromatic rings. The van der Waals surface area contributed by atoms with E-state index < -0.39 is 0 Å². The van der Waals surface area contributed by atoms with Gasteiger partial charge in [-0.2, -0.15) is 0 Å². The van der Waals surface area contributed by atoms with Crippen LogP contribution < -0.4 is 5.73 Å². The predicted molar refractivity (Wildman–Crippen MR) is 54.4 cm³/mol. The SMILES string of the molecule is CCCCCc1ncc(C(C)N)[nH]1. The number of hydrogen-bond donors (Lipinski definition) is 2. The molecule has 1 heterocycles. The number of aromatic nitrogens is 2. The zero-order chi connectivity index (χ0) is 9.68. The van der Waals surface area contributed by atoms with Crippen molar-refractivity contribution in [2.45, 2.75) is 45.6 Å². The Balaban J connectivity index is 2.40. The Morgan fingerprint density at radius 3 is 2.85 bits per heavy atom. The topological polar surface area (TPSA) is 54.7 Å². The van der Waals surface area contributed by atoms with Crippen LogP contribution in [-0.2, 0) is 6.42 Å². The summed E-state index contributed by atoms with van der Waals surface area (Å²) in [5.74, 6) is 1.07. The van der Waals surface area contributed by atoms with Crippen molar-refractivity contribution in [1.29, 1.82) is 0 Å². The van der Waals surface area contributed by atoms with Crippen LogP contribution in [0.5, 0.6) is 0 Å². The third-order valence-electron chi connectivity index (χ3n) is 2.16. The summed E-state index contributed by atoms with van der Waals surface area (Å²) in [5.41, 5.74) is 6.74. The van der Waals surface area contributed by atoms with Gasteiger partial charge in [0.2, 0.25) is 0 Å². The van der Waals surface area contributed by atoms with Gasteiger partial charge in [0.15, 0.2) is 0 Å². The van der Waals surface area contributed by atoms with Crippen LogP contribution in [0.3, 0.4) is 0 Å². The molecule has 3 N–H and O–H groups in total. The molecule has 0 bridgehead atoms. The molecule has 0 spiro atoms. The monoisotopic (exact) mass is 181 g/mol. The van der Waals surface area contributed by atoms with E-state index >= 15 is 0 Å². The minimum Gasteiger partial charge on any atom is -0.345 e. The van der Waals surface area contributed by atoms with E-state index in [9.17, 15) is 0 Å². The zero-order valence-corrected chi connectivity index (χ0v) is 8.51. The first kappa shape index (κ1) is 10.3. The van der Waals surface area contributed by atoms with Gasteiger partial charge in [0, 0.05) is 18.7 Å². The number of nitrogens with zero attached hydrogens (tertiary/aromatic N) is 1. The molecule has 0 fully saturated rings. The number of aryl methyl sites for hydroxylation is 1.